The van der Waals surface area contributed by atoms with Crippen LogP contribution < -0.4 is 5.73 Å². The minimum atomic E-state index is 0.0727. The number of carbonyl (C=O) groups excluding carboxylic acids is 1. The predicted octanol–water partition coefficient (Wildman–Crippen LogP) is 1.71. The van der Waals surface area contributed by atoms with E-state index in [0.717, 1.165) is 24.3 Å². The summed E-state index contributed by atoms with van der Waals surface area (Å²) in [6.07, 6.45) is 5.55. The number of hydrogen-bond donors (Lipinski definition) is 1. The largest absolute Gasteiger partial charge is 0.338 e. The van der Waals surface area contributed by atoms with Gasteiger partial charge in [-0.05, 0) is 30.4 Å². The van der Waals surface area contributed by atoms with E-state index in [4.69, 9.17) is 5.73 Å². The summed E-state index contributed by atoms with van der Waals surface area (Å²) in [6.45, 7) is 1.52. The molecule has 0 radical (unpaired) electrons. The third kappa shape index (κ3) is 2.93. The molecule has 2 heterocycles. The molecule has 0 aliphatic carbocycles. The van der Waals surface area contributed by atoms with Crippen molar-refractivity contribution < 1.29 is 4.79 Å². The molecule has 86 valence electrons. The molecule has 0 saturated carbocycles. The van der Waals surface area contributed by atoms with Crippen LogP contribution in [0.5, 0.6) is 0 Å². The fourth-order valence-corrected chi connectivity index (χ4v) is 2.47. The lowest BCUT2D eigenvalue weighted by molar-refractivity contribution is -0.127. The Hall–Kier alpha value is -1.13. The summed E-state index contributed by atoms with van der Waals surface area (Å²) >= 11 is 1.63. The first-order valence-electron chi connectivity index (χ1n) is 5.52. The van der Waals surface area contributed by atoms with Gasteiger partial charge >= 0.3 is 0 Å². The third-order valence-electron chi connectivity index (χ3n) is 2.70. The van der Waals surface area contributed by atoms with Crippen LogP contribution in [-0.2, 0) is 4.79 Å². The average Bonchev–Trinajstić information content (AvgIpc) is 2.78. The second-order valence-electron chi connectivity index (χ2n) is 4.04. The lowest BCUT2D eigenvalue weighted by Gasteiger charge is -2.29. The van der Waals surface area contributed by atoms with Gasteiger partial charge in [0.15, 0.2) is 0 Å². The summed E-state index contributed by atoms with van der Waals surface area (Å²) in [5.74, 6) is 0.0727. The van der Waals surface area contributed by atoms with Crippen LogP contribution in [0.25, 0.3) is 6.08 Å². The molecule has 1 fully saturated rings. The van der Waals surface area contributed by atoms with E-state index >= 15 is 0 Å². The lowest BCUT2D eigenvalue weighted by atomic mass is 10.1. The number of rotatable bonds is 2. The molecule has 4 heteroatoms. The number of nitrogens with two attached hydrogens (primary N) is 1. The highest BCUT2D eigenvalue weighted by atomic mass is 32.1. The summed E-state index contributed by atoms with van der Waals surface area (Å²) < 4.78 is 0. The zero-order valence-electron chi connectivity index (χ0n) is 9.13. The van der Waals surface area contributed by atoms with Gasteiger partial charge in [0.2, 0.25) is 5.91 Å². The van der Waals surface area contributed by atoms with Crippen LogP contribution in [0, 0.1) is 0 Å². The van der Waals surface area contributed by atoms with Crippen LogP contribution in [0.3, 0.4) is 0 Å². The maximum atomic E-state index is 11.8. The topological polar surface area (TPSA) is 46.3 Å². The van der Waals surface area contributed by atoms with Gasteiger partial charge < -0.3 is 10.6 Å². The van der Waals surface area contributed by atoms with Crippen molar-refractivity contribution in [3.8, 4) is 0 Å². The molecule has 0 aromatic carbocycles. The number of thiophene rings is 1. The zero-order chi connectivity index (χ0) is 11.4. The van der Waals surface area contributed by atoms with Crippen molar-refractivity contribution >= 4 is 23.3 Å². The Labute approximate surface area is 99.6 Å². The SMILES string of the molecule is N[C@@H]1CCCN(C(=O)/C=C/c2cccs2)C1. The van der Waals surface area contributed by atoms with Gasteiger partial charge in [-0.15, -0.1) is 11.3 Å². The third-order valence-corrected chi connectivity index (χ3v) is 3.54. The second kappa shape index (κ2) is 5.27. The standard InChI is InChI=1S/C12H16N2OS/c13-10-3-1-7-14(9-10)12(15)6-5-11-4-2-8-16-11/h2,4-6,8,10H,1,3,7,9,13H2/b6-5+/t10-/m1/s1. The van der Waals surface area contributed by atoms with Crippen LogP contribution >= 0.6 is 11.3 Å². The van der Waals surface area contributed by atoms with Gasteiger partial charge in [0.1, 0.15) is 0 Å². The molecular weight excluding hydrogens is 220 g/mol. The Kier molecular flexibility index (Phi) is 3.74. The number of likely N-dealkylation sites (tertiary alicyclic amines) is 1. The molecule has 1 aromatic heterocycles. The van der Waals surface area contributed by atoms with Gasteiger partial charge in [0, 0.05) is 30.1 Å². The molecule has 0 spiro atoms. The fourth-order valence-electron chi connectivity index (χ4n) is 1.86. The zero-order valence-corrected chi connectivity index (χ0v) is 9.95. The lowest BCUT2D eigenvalue weighted by Crippen LogP contribution is -2.45. The minimum absolute atomic E-state index is 0.0727. The molecule has 0 bridgehead atoms. The molecular formula is C12H16N2OS. The Bertz CT molecular complexity index is 372. The molecule has 16 heavy (non-hydrogen) atoms. The van der Waals surface area contributed by atoms with E-state index in [9.17, 15) is 4.79 Å². The van der Waals surface area contributed by atoms with Crippen molar-refractivity contribution in [1.29, 1.82) is 0 Å². The minimum Gasteiger partial charge on any atom is -0.338 e. The molecule has 1 aliphatic heterocycles. The van der Waals surface area contributed by atoms with E-state index in [1.807, 2.05) is 28.5 Å². The summed E-state index contributed by atoms with van der Waals surface area (Å²) in [7, 11) is 0. The molecule has 1 amide bonds. The predicted molar refractivity (Wildman–Crippen MR) is 67.1 cm³/mol. The van der Waals surface area contributed by atoms with Gasteiger partial charge in [0.25, 0.3) is 0 Å². The molecule has 1 aliphatic rings. The van der Waals surface area contributed by atoms with Gasteiger partial charge in [-0.25, -0.2) is 0 Å². The monoisotopic (exact) mass is 236 g/mol. The maximum Gasteiger partial charge on any atom is 0.246 e. The summed E-state index contributed by atoms with van der Waals surface area (Å²) in [5.41, 5.74) is 5.84. The van der Waals surface area contributed by atoms with Gasteiger partial charge in [-0.1, -0.05) is 6.07 Å². The highest BCUT2D eigenvalue weighted by Gasteiger charge is 2.19. The first kappa shape index (κ1) is 11.4. The fraction of sp³-hybridized carbons (Fsp3) is 0.417. The van der Waals surface area contributed by atoms with Crippen LogP contribution in [0.15, 0.2) is 23.6 Å². The molecule has 1 aromatic rings. The Morgan fingerprint density at radius 1 is 1.62 bits per heavy atom. The van der Waals surface area contributed by atoms with Crippen molar-refractivity contribution in [1.82, 2.24) is 4.90 Å². The molecule has 2 rings (SSSR count). The molecule has 1 saturated heterocycles. The number of piperidine rings is 1. The van der Waals surface area contributed by atoms with Crippen molar-refractivity contribution in [3.05, 3.63) is 28.5 Å². The van der Waals surface area contributed by atoms with Crippen LogP contribution in [0.1, 0.15) is 17.7 Å². The smallest absolute Gasteiger partial charge is 0.246 e. The Morgan fingerprint density at radius 3 is 3.19 bits per heavy atom. The van der Waals surface area contributed by atoms with Crippen LogP contribution in [0.2, 0.25) is 0 Å². The molecule has 3 nitrogen and oxygen atoms in total. The van der Waals surface area contributed by atoms with E-state index in [1.54, 1.807) is 17.4 Å². The highest BCUT2D eigenvalue weighted by molar-refractivity contribution is 7.10. The van der Waals surface area contributed by atoms with Crippen LogP contribution in [-0.4, -0.2) is 29.9 Å². The number of amides is 1. The number of nitrogens with zero attached hydrogens (tertiary/aromatic N) is 1. The molecule has 0 unspecified atom stereocenters. The van der Waals surface area contributed by atoms with Gasteiger partial charge in [-0.3, -0.25) is 4.79 Å². The van der Waals surface area contributed by atoms with Crippen molar-refractivity contribution in [2.24, 2.45) is 5.73 Å². The van der Waals surface area contributed by atoms with E-state index in [0.29, 0.717) is 6.54 Å². The normalized spacial score (nSPS) is 21.6. The number of hydrogen-bond acceptors (Lipinski definition) is 3. The quantitative estimate of drug-likeness (QED) is 0.795. The Balaban J connectivity index is 1.92. The first-order chi connectivity index (χ1) is 7.75. The highest BCUT2D eigenvalue weighted by Crippen LogP contribution is 2.12. The van der Waals surface area contributed by atoms with Gasteiger partial charge in [0.05, 0.1) is 0 Å². The van der Waals surface area contributed by atoms with Gasteiger partial charge in [-0.2, -0.15) is 0 Å². The van der Waals surface area contributed by atoms with E-state index in [1.165, 1.54) is 0 Å². The van der Waals surface area contributed by atoms with Crippen molar-refractivity contribution in [2.45, 2.75) is 18.9 Å². The Morgan fingerprint density at radius 2 is 2.50 bits per heavy atom. The van der Waals surface area contributed by atoms with Crippen LogP contribution in [0.4, 0.5) is 0 Å². The van der Waals surface area contributed by atoms with E-state index in [-0.39, 0.29) is 11.9 Å². The summed E-state index contributed by atoms with van der Waals surface area (Å²) in [5, 5.41) is 2.00. The van der Waals surface area contributed by atoms with Crippen molar-refractivity contribution in [3.63, 3.8) is 0 Å². The number of carbonyl (C=O) groups is 1. The summed E-state index contributed by atoms with van der Waals surface area (Å²) in [4.78, 5) is 14.8. The molecule has 2 N–H and O–H groups in total. The van der Waals surface area contributed by atoms with E-state index in [2.05, 4.69) is 0 Å². The van der Waals surface area contributed by atoms with Crippen molar-refractivity contribution in [2.75, 3.05) is 13.1 Å². The van der Waals surface area contributed by atoms with E-state index < -0.39 is 0 Å². The second-order valence-corrected chi connectivity index (χ2v) is 5.01. The average molecular weight is 236 g/mol. The first-order valence-corrected chi connectivity index (χ1v) is 6.40. The molecule has 1 atom stereocenters. The maximum absolute atomic E-state index is 11.8. The summed E-state index contributed by atoms with van der Waals surface area (Å²) in [6, 6.07) is 4.12.